The summed E-state index contributed by atoms with van der Waals surface area (Å²) in [5, 5.41) is 3.65. The van der Waals surface area contributed by atoms with E-state index >= 15 is 0 Å². The normalized spacial score (nSPS) is 12.2. The second kappa shape index (κ2) is 6.63. The monoisotopic (exact) mass is 287 g/mol. The molecule has 0 aliphatic carbocycles. The SMILES string of the molecule is CCC(CBr)NC(=O)Cc1ccc(F)cc1. The van der Waals surface area contributed by atoms with Gasteiger partial charge in [-0.1, -0.05) is 35.0 Å². The molecule has 0 aliphatic rings. The van der Waals surface area contributed by atoms with E-state index in [2.05, 4.69) is 21.2 Å². The van der Waals surface area contributed by atoms with Crippen LogP contribution < -0.4 is 5.32 Å². The van der Waals surface area contributed by atoms with E-state index in [1.165, 1.54) is 12.1 Å². The van der Waals surface area contributed by atoms with Gasteiger partial charge in [-0.3, -0.25) is 4.79 Å². The van der Waals surface area contributed by atoms with Crippen LogP contribution >= 0.6 is 15.9 Å². The molecule has 16 heavy (non-hydrogen) atoms. The van der Waals surface area contributed by atoms with Crippen molar-refractivity contribution in [2.45, 2.75) is 25.8 Å². The Bertz CT molecular complexity index is 335. The van der Waals surface area contributed by atoms with Crippen molar-refractivity contribution < 1.29 is 9.18 Å². The van der Waals surface area contributed by atoms with E-state index in [1.54, 1.807) is 12.1 Å². The van der Waals surface area contributed by atoms with Crippen LogP contribution in [0.15, 0.2) is 24.3 Å². The van der Waals surface area contributed by atoms with Crippen molar-refractivity contribution in [3.63, 3.8) is 0 Å². The third kappa shape index (κ3) is 4.31. The molecule has 1 N–H and O–H groups in total. The number of carbonyl (C=O) groups is 1. The average Bonchev–Trinajstić information content (AvgIpc) is 2.29. The number of halogens is 2. The Morgan fingerprint density at radius 3 is 2.56 bits per heavy atom. The van der Waals surface area contributed by atoms with Crippen LogP contribution in [-0.4, -0.2) is 17.3 Å². The molecule has 0 saturated carbocycles. The number of alkyl halides is 1. The van der Waals surface area contributed by atoms with Crippen molar-refractivity contribution in [2.75, 3.05) is 5.33 Å². The molecule has 1 unspecified atom stereocenters. The molecule has 4 heteroatoms. The lowest BCUT2D eigenvalue weighted by atomic mass is 10.1. The van der Waals surface area contributed by atoms with Crippen LogP contribution in [0.25, 0.3) is 0 Å². The lowest BCUT2D eigenvalue weighted by Crippen LogP contribution is -2.36. The highest BCUT2D eigenvalue weighted by molar-refractivity contribution is 9.09. The van der Waals surface area contributed by atoms with Crippen LogP contribution in [0.2, 0.25) is 0 Å². The minimum absolute atomic E-state index is 0.0297. The van der Waals surface area contributed by atoms with Gasteiger partial charge >= 0.3 is 0 Å². The van der Waals surface area contributed by atoms with Crippen molar-refractivity contribution in [2.24, 2.45) is 0 Å². The Morgan fingerprint density at radius 2 is 2.06 bits per heavy atom. The fourth-order valence-electron chi connectivity index (χ4n) is 1.32. The Morgan fingerprint density at radius 1 is 1.44 bits per heavy atom. The predicted octanol–water partition coefficient (Wildman–Crippen LogP) is 2.66. The molecule has 0 radical (unpaired) electrons. The highest BCUT2D eigenvalue weighted by Crippen LogP contribution is 2.04. The molecule has 0 saturated heterocycles. The Balaban J connectivity index is 2.48. The first-order valence-corrected chi connectivity index (χ1v) is 6.37. The summed E-state index contributed by atoms with van der Waals surface area (Å²) in [5.74, 6) is -0.311. The molecular weight excluding hydrogens is 273 g/mol. The molecule has 0 bridgehead atoms. The van der Waals surface area contributed by atoms with E-state index in [0.29, 0.717) is 6.42 Å². The maximum atomic E-state index is 12.6. The van der Waals surface area contributed by atoms with Gasteiger partial charge in [-0.05, 0) is 24.1 Å². The molecule has 2 nitrogen and oxygen atoms in total. The molecule has 1 aromatic carbocycles. The highest BCUT2D eigenvalue weighted by atomic mass is 79.9. The zero-order chi connectivity index (χ0) is 12.0. The molecule has 88 valence electrons. The van der Waals surface area contributed by atoms with Crippen LogP contribution in [-0.2, 0) is 11.2 Å². The van der Waals surface area contributed by atoms with Crippen molar-refractivity contribution in [1.29, 1.82) is 0 Å². The molecule has 0 heterocycles. The summed E-state index contributed by atoms with van der Waals surface area (Å²) in [4.78, 5) is 11.6. The molecule has 1 atom stereocenters. The third-order valence-electron chi connectivity index (χ3n) is 2.32. The van der Waals surface area contributed by atoms with Gasteiger partial charge in [0, 0.05) is 11.4 Å². The number of carbonyl (C=O) groups excluding carboxylic acids is 1. The minimum atomic E-state index is -0.281. The van der Waals surface area contributed by atoms with Crippen LogP contribution in [0.1, 0.15) is 18.9 Å². The predicted molar refractivity (Wildman–Crippen MR) is 66.1 cm³/mol. The Kier molecular flexibility index (Phi) is 5.46. The summed E-state index contributed by atoms with van der Waals surface area (Å²) in [7, 11) is 0. The second-order valence-corrected chi connectivity index (χ2v) is 4.28. The number of hydrogen-bond donors (Lipinski definition) is 1. The maximum absolute atomic E-state index is 12.6. The van der Waals surface area contributed by atoms with E-state index in [0.717, 1.165) is 17.3 Å². The molecule has 0 aromatic heterocycles. The summed E-state index contributed by atoms with van der Waals surface area (Å²) in [6, 6.07) is 6.15. The van der Waals surface area contributed by atoms with Gasteiger partial charge in [-0.25, -0.2) is 4.39 Å². The summed E-state index contributed by atoms with van der Waals surface area (Å²) >= 11 is 3.34. The Hall–Kier alpha value is -0.900. The molecule has 0 aliphatic heterocycles. The summed E-state index contributed by atoms with van der Waals surface area (Å²) in [6.45, 7) is 2.02. The number of amides is 1. The van der Waals surface area contributed by atoms with E-state index in [1.807, 2.05) is 6.92 Å². The van der Waals surface area contributed by atoms with Crippen molar-refractivity contribution >= 4 is 21.8 Å². The van der Waals surface area contributed by atoms with Crippen molar-refractivity contribution in [3.8, 4) is 0 Å². The zero-order valence-corrected chi connectivity index (χ0v) is 10.8. The summed E-state index contributed by atoms with van der Waals surface area (Å²) in [6.07, 6.45) is 1.18. The molecule has 0 fully saturated rings. The smallest absolute Gasteiger partial charge is 0.224 e. The third-order valence-corrected chi connectivity index (χ3v) is 3.10. The quantitative estimate of drug-likeness (QED) is 0.829. The summed E-state index contributed by atoms with van der Waals surface area (Å²) < 4.78 is 12.6. The van der Waals surface area contributed by atoms with Crippen LogP contribution in [0.5, 0.6) is 0 Å². The summed E-state index contributed by atoms with van der Waals surface area (Å²) in [5.41, 5.74) is 0.823. The van der Waals surface area contributed by atoms with Gasteiger partial charge in [-0.2, -0.15) is 0 Å². The van der Waals surface area contributed by atoms with Gasteiger partial charge in [0.25, 0.3) is 0 Å². The number of hydrogen-bond acceptors (Lipinski definition) is 1. The van der Waals surface area contributed by atoms with Crippen LogP contribution in [0.4, 0.5) is 4.39 Å². The second-order valence-electron chi connectivity index (χ2n) is 3.63. The van der Waals surface area contributed by atoms with Crippen molar-refractivity contribution in [1.82, 2.24) is 5.32 Å². The highest BCUT2D eigenvalue weighted by Gasteiger charge is 2.09. The minimum Gasteiger partial charge on any atom is -0.352 e. The first kappa shape index (κ1) is 13.2. The van der Waals surface area contributed by atoms with Gasteiger partial charge < -0.3 is 5.32 Å². The van der Waals surface area contributed by atoms with Gasteiger partial charge in [-0.15, -0.1) is 0 Å². The molecule has 0 spiro atoms. The molecule has 1 amide bonds. The molecule has 1 aromatic rings. The fourth-order valence-corrected chi connectivity index (χ4v) is 1.94. The number of benzene rings is 1. The first-order valence-electron chi connectivity index (χ1n) is 5.25. The van der Waals surface area contributed by atoms with Gasteiger partial charge in [0.15, 0.2) is 0 Å². The Labute approximate surface area is 103 Å². The topological polar surface area (TPSA) is 29.1 Å². The van der Waals surface area contributed by atoms with Gasteiger partial charge in [0.2, 0.25) is 5.91 Å². The lowest BCUT2D eigenvalue weighted by molar-refractivity contribution is -0.121. The van der Waals surface area contributed by atoms with Crippen LogP contribution in [0.3, 0.4) is 0 Å². The molecular formula is C12H15BrFNO. The maximum Gasteiger partial charge on any atom is 0.224 e. The van der Waals surface area contributed by atoms with Crippen molar-refractivity contribution in [3.05, 3.63) is 35.6 Å². The number of rotatable bonds is 5. The zero-order valence-electron chi connectivity index (χ0n) is 9.17. The van der Waals surface area contributed by atoms with E-state index < -0.39 is 0 Å². The average molecular weight is 288 g/mol. The first-order chi connectivity index (χ1) is 7.65. The molecule has 1 rings (SSSR count). The standard InChI is InChI=1S/C12H15BrFNO/c1-2-11(8-13)15-12(16)7-9-3-5-10(14)6-4-9/h3-6,11H,2,7-8H2,1H3,(H,15,16). The van der Waals surface area contributed by atoms with E-state index in [-0.39, 0.29) is 17.8 Å². The number of nitrogens with one attached hydrogen (secondary N) is 1. The van der Waals surface area contributed by atoms with Gasteiger partial charge in [0.1, 0.15) is 5.82 Å². The lowest BCUT2D eigenvalue weighted by Gasteiger charge is -2.13. The largest absolute Gasteiger partial charge is 0.352 e. The fraction of sp³-hybridized carbons (Fsp3) is 0.417. The van der Waals surface area contributed by atoms with E-state index in [9.17, 15) is 9.18 Å². The van der Waals surface area contributed by atoms with Gasteiger partial charge in [0.05, 0.1) is 6.42 Å². The van der Waals surface area contributed by atoms with E-state index in [4.69, 9.17) is 0 Å². The van der Waals surface area contributed by atoms with Crippen LogP contribution in [0, 0.1) is 5.82 Å².